The number of nitrogens with zero attached hydrogens (tertiary/aromatic N) is 1. The second-order valence-corrected chi connectivity index (χ2v) is 9.27. The minimum Gasteiger partial charge on any atom is -0.481 e. The summed E-state index contributed by atoms with van der Waals surface area (Å²) in [5, 5.41) is 17.7. The molecule has 0 saturated carbocycles. The molecule has 9 heteroatoms. The smallest absolute Gasteiger partial charge is 0.304 e. The molecule has 34 heavy (non-hydrogen) atoms. The Hall–Kier alpha value is -3.98. The molecule has 1 amide bonds. The van der Waals surface area contributed by atoms with Crippen LogP contribution in [0, 0.1) is 0 Å². The molecule has 0 radical (unpaired) electrons. The molecular formula is C25H24N4O4S. The number of carboxylic acids is 1. The largest absolute Gasteiger partial charge is 0.481 e. The van der Waals surface area contributed by atoms with Gasteiger partial charge in [-0.2, -0.15) is 0 Å². The Morgan fingerprint density at radius 1 is 0.971 bits per heavy atom. The Balaban J connectivity index is 1.41. The van der Waals surface area contributed by atoms with E-state index in [2.05, 4.69) is 20.9 Å². The summed E-state index contributed by atoms with van der Waals surface area (Å²) in [5.41, 5.74) is 2.57. The molecule has 0 aromatic heterocycles. The number of carboxylic acid groups (broad SMARTS) is 1. The van der Waals surface area contributed by atoms with Gasteiger partial charge in [0.2, 0.25) is 0 Å². The highest BCUT2D eigenvalue weighted by molar-refractivity contribution is 7.85. The van der Waals surface area contributed by atoms with E-state index < -0.39 is 22.0 Å². The van der Waals surface area contributed by atoms with Crippen molar-refractivity contribution in [2.75, 3.05) is 23.7 Å². The molecule has 2 unspecified atom stereocenters. The molecule has 2 atom stereocenters. The molecule has 0 fully saturated rings. The third kappa shape index (κ3) is 5.87. The lowest BCUT2D eigenvalue weighted by Crippen LogP contribution is -2.26. The van der Waals surface area contributed by atoms with Gasteiger partial charge in [0.15, 0.2) is 5.96 Å². The van der Waals surface area contributed by atoms with Crippen molar-refractivity contribution < 1.29 is 18.9 Å². The zero-order chi connectivity index (χ0) is 23.9. The maximum Gasteiger partial charge on any atom is 0.304 e. The summed E-state index contributed by atoms with van der Waals surface area (Å²) in [7, 11) is -1.57. The van der Waals surface area contributed by atoms with Crippen LogP contribution in [-0.2, 0) is 15.6 Å². The number of carbonyl (C=O) groups excluding carboxylic acids is 1. The highest BCUT2D eigenvalue weighted by atomic mass is 32.2. The summed E-state index contributed by atoms with van der Waals surface area (Å²) in [4.78, 5) is 28.7. The number of guanidine groups is 1. The van der Waals surface area contributed by atoms with Crippen LogP contribution < -0.4 is 16.0 Å². The van der Waals surface area contributed by atoms with Gasteiger partial charge in [0.25, 0.3) is 5.91 Å². The van der Waals surface area contributed by atoms with Crippen LogP contribution in [0.2, 0.25) is 0 Å². The fourth-order valence-corrected chi connectivity index (χ4v) is 4.94. The van der Waals surface area contributed by atoms with Gasteiger partial charge in [-0.1, -0.05) is 30.3 Å². The molecule has 0 saturated heterocycles. The molecule has 1 aliphatic heterocycles. The molecule has 4 N–H and O–H groups in total. The van der Waals surface area contributed by atoms with E-state index in [9.17, 15) is 18.9 Å². The van der Waals surface area contributed by atoms with E-state index in [0.29, 0.717) is 27.7 Å². The van der Waals surface area contributed by atoms with Crippen molar-refractivity contribution in [2.45, 2.75) is 16.6 Å². The monoisotopic (exact) mass is 476 g/mol. The predicted octanol–water partition coefficient (Wildman–Crippen LogP) is 3.63. The summed E-state index contributed by atoms with van der Waals surface area (Å²) in [6.07, 6.45) is -0.247. The summed E-state index contributed by atoms with van der Waals surface area (Å²) in [6, 6.07) is 22.6. The molecule has 174 valence electrons. The standard InChI is InChI=1S/C25H24N4O4S/c30-23(31)16-22(17-4-2-1-3-5-17)34(33)21-12-10-19(11-13-21)28-24(32)18-6-8-20(9-7-18)29-25-26-14-15-27-25/h1-13,22H,14-16H2,(H,28,32)(H,30,31)(H2,26,27,29). The van der Waals surface area contributed by atoms with Crippen molar-refractivity contribution >= 4 is 40.0 Å². The first-order chi connectivity index (χ1) is 16.5. The molecule has 1 aliphatic rings. The van der Waals surface area contributed by atoms with Crippen molar-refractivity contribution in [3.63, 3.8) is 0 Å². The molecule has 0 bridgehead atoms. The van der Waals surface area contributed by atoms with Crippen molar-refractivity contribution in [3.8, 4) is 0 Å². The second-order valence-electron chi connectivity index (χ2n) is 7.63. The number of benzene rings is 3. The van der Waals surface area contributed by atoms with E-state index in [4.69, 9.17) is 0 Å². The highest BCUT2D eigenvalue weighted by Crippen LogP contribution is 2.29. The zero-order valence-electron chi connectivity index (χ0n) is 18.2. The maximum absolute atomic E-state index is 13.1. The topological polar surface area (TPSA) is 120 Å². The van der Waals surface area contributed by atoms with Crippen LogP contribution in [0.5, 0.6) is 0 Å². The fraction of sp³-hybridized carbons (Fsp3) is 0.160. The van der Waals surface area contributed by atoms with Gasteiger partial charge < -0.3 is 21.1 Å². The number of hydrogen-bond acceptors (Lipinski definition) is 6. The van der Waals surface area contributed by atoms with Crippen LogP contribution in [0.3, 0.4) is 0 Å². The number of hydrogen-bond donors (Lipinski definition) is 4. The molecular weight excluding hydrogens is 452 g/mol. The Kier molecular flexibility index (Phi) is 7.34. The lowest BCUT2D eigenvalue weighted by atomic mass is 10.1. The highest BCUT2D eigenvalue weighted by Gasteiger charge is 2.23. The summed E-state index contributed by atoms with van der Waals surface area (Å²) >= 11 is 0. The number of nitrogens with one attached hydrogen (secondary N) is 3. The van der Waals surface area contributed by atoms with E-state index in [1.54, 1.807) is 72.8 Å². The third-order valence-electron chi connectivity index (χ3n) is 5.22. The van der Waals surface area contributed by atoms with Gasteiger partial charge in [-0.25, -0.2) is 0 Å². The van der Waals surface area contributed by atoms with Crippen LogP contribution in [0.25, 0.3) is 0 Å². The van der Waals surface area contributed by atoms with Crippen LogP contribution in [0.4, 0.5) is 11.4 Å². The Labute approximate surface area is 199 Å². The van der Waals surface area contributed by atoms with E-state index in [1.807, 2.05) is 6.07 Å². The number of aliphatic carboxylic acids is 1. The van der Waals surface area contributed by atoms with E-state index in [-0.39, 0.29) is 12.3 Å². The normalized spacial score (nSPS) is 14.4. The number of carbonyl (C=O) groups is 2. The second kappa shape index (κ2) is 10.8. The van der Waals surface area contributed by atoms with E-state index in [0.717, 1.165) is 18.8 Å². The van der Waals surface area contributed by atoms with Gasteiger partial charge in [-0.05, 0) is 54.1 Å². The average molecular weight is 477 g/mol. The first-order valence-electron chi connectivity index (χ1n) is 10.7. The minimum absolute atomic E-state index is 0.247. The van der Waals surface area contributed by atoms with Crippen LogP contribution >= 0.6 is 0 Å². The fourth-order valence-electron chi connectivity index (χ4n) is 3.51. The van der Waals surface area contributed by atoms with Gasteiger partial charge in [-0.3, -0.25) is 18.8 Å². The van der Waals surface area contributed by atoms with Gasteiger partial charge >= 0.3 is 5.97 Å². The van der Waals surface area contributed by atoms with E-state index in [1.165, 1.54) is 0 Å². The number of anilines is 2. The number of aliphatic imine (C=N–C) groups is 1. The summed E-state index contributed by atoms with van der Waals surface area (Å²) in [5.74, 6) is -0.572. The van der Waals surface area contributed by atoms with Crippen molar-refractivity contribution in [1.29, 1.82) is 0 Å². The minimum atomic E-state index is -1.57. The van der Waals surface area contributed by atoms with Crippen molar-refractivity contribution in [3.05, 3.63) is 90.0 Å². The lowest BCUT2D eigenvalue weighted by molar-refractivity contribution is -0.137. The lowest BCUT2D eigenvalue weighted by Gasteiger charge is -2.15. The number of amides is 1. The van der Waals surface area contributed by atoms with Gasteiger partial charge in [0.1, 0.15) is 0 Å². The summed E-state index contributed by atoms with van der Waals surface area (Å²) in [6.45, 7) is 1.54. The van der Waals surface area contributed by atoms with Crippen LogP contribution in [0.1, 0.15) is 27.6 Å². The molecule has 8 nitrogen and oxygen atoms in total. The van der Waals surface area contributed by atoms with Gasteiger partial charge in [-0.15, -0.1) is 0 Å². The Morgan fingerprint density at radius 3 is 2.26 bits per heavy atom. The molecule has 0 aliphatic carbocycles. The van der Waals surface area contributed by atoms with Crippen LogP contribution in [-0.4, -0.2) is 40.2 Å². The quantitative estimate of drug-likeness (QED) is 0.394. The average Bonchev–Trinajstić information content (AvgIpc) is 3.36. The molecule has 4 rings (SSSR count). The zero-order valence-corrected chi connectivity index (χ0v) is 19.0. The molecule has 1 heterocycles. The number of rotatable bonds is 8. The first-order valence-corrected chi connectivity index (χ1v) is 11.9. The Morgan fingerprint density at radius 2 is 1.65 bits per heavy atom. The van der Waals surface area contributed by atoms with Crippen molar-refractivity contribution in [1.82, 2.24) is 5.32 Å². The third-order valence-corrected chi connectivity index (χ3v) is 6.91. The van der Waals surface area contributed by atoms with Gasteiger partial charge in [0, 0.05) is 28.4 Å². The SMILES string of the molecule is O=C(O)CC(c1ccccc1)S(=O)c1ccc(NC(=O)c2ccc(NC3=NCCN3)cc2)cc1. The maximum atomic E-state index is 13.1. The van der Waals surface area contributed by atoms with Crippen LogP contribution in [0.15, 0.2) is 88.8 Å². The molecule has 0 spiro atoms. The molecule has 3 aromatic carbocycles. The molecule has 3 aromatic rings. The predicted molar refractivity (Wildman–Crippen MR) is 133 cm³/mol. The van der Waals surface area contributed by atoms with Crippen molar-refractivity contribution in [2.24, 2.45) is 4.99 Å². The summed E-state index contributed by atoms with van der Waals surface area (Å²) < 4.78 is 13.1. The Bertz CT molecular complexity index is 1210. The van der Waals surface area contributed by atoms with Gasteiger partial charge in [0.05, 0.1) is 29.0 Å². The first kappa shape index (κ1) is 23.2. The van der Waals surface area contributed by atoms with E-state index >= 15 is 0 Å².